The molecule has 2 aromatic heterocycles. The highest BCUT2D eigenvalue weighted by Crippen LogP contribution is 2.29. The minimum atomic E-state index is -4.91. The van der Waals surface area contributed by atoms with E-state index in [0.717, 1.165) is 24.3 Å². The monoisotopic (exact) mass is 1020 g/mol. The van der Waals surface area contributed by atoms with Gasteiger partial charge in [0, 0.05) is 34.4 Å². The fourth-order valence-electron chi connectivity index (χ4n) is 5.21. The third-order valence-corrected chi connectivity index (χ3v) is 10.7. The zero-order valence-corrected chi connectivity index (χ0v) is 35.4. The number of hydrogen-bond donors (Lipinski definition) is 4. The Morgan fingerprint density at radius 3 is 1.60 bits per heavy atom. The number of aromatic nitrogens is 4. The van der Waals surface area contributed by atoms with Crippen LogP contribution >= 0.6 is 43.5 Å². The Morgan fingerprint density at radius 1 is 0.717 bits per heavy atom. The van der Waals surface area contributed by atoms with Crippen LogP contribution in [0.15, 0.2) is 116 Å². The van der Waals surface area contributed by atoms with Crippen LogP contribution in [-0.4, -0.2) is 54.6 Å². The van der Waals surface area contributed by atoms with Crippen LogP contribution in [0.25, 0.3) is 11.4 Å². The Balaban J connectivity index is 0.000000228. The van der Waals surface area contributed by atoms with Gasteiger partial charge in [0.25, 0.3) is 0 Å². The summed E-state index contributed by atoms with van der Waals surface area (Å²) in [4.78, 5) is 24.1. The maximum atomic E-state index is 13.4. The maximum absolute atomic E-state index is 13.4. The van der Waals surface area contributed by atoms with E-state index < -0.39 is 62.0 Å². The van der Waals surface area contributed by atoms with Crippen molar-refractivity contribution in [1.29, 1.82) is 0 Å². The van der Waals surface area contributed by atoms with Gasteiger partial charge in [-0.2, -0.15) is 10.2 Å². The van der Waals surface area contributed by atoms with Gasteiger partial charge in [-0.25, -0.2) is 45.3 Å². The molecule has 0 aliphatic heterocycles. The second kappa shape index (κ2) is 18.6. The molecule has 0 bridgehead atoms. The highest BCUT2D eigenvalue weighted by Gasteiger charge is 2.32. The van der Waals surface area contributed by atoms with Crippen molar-refractivity contribution >= 4 is 86.7 Å². The number of amides is 2. The van der Waals surface area contributed by atoms with Crippen LogP contribution in [0.4, 0.5) is 33.3 Å². The molecule has 15 nitrogen and oxygen atoms in total. The largest absolute Gasteiger partial charge is 0.573 e. The lowest BCUT2D eigenvalue weighted by Gasteiger charge is -2.14. The molecule has 0 aliphatic rings. The SMILES string of the molecule is NS(=O)(=O)c1cc(NC(=O)Cc2cc(F)c(F)cc2Cl)ccc1-n1cc(Br)cn1.NS(=O)(=O)c1cc(NC(=O)Cc2ccccc2OC(F)(F)F)ccc1-n1cc(Br)cn1. The average molecular weight is 1030 g/mol. The van der Waals surface area contributed by atoms with Crippen molar-refractivity contribution in [2.45, 2.75) is 29.0 Å². The van der Waals surface area contributed by atoms with E-state index in [1.54, 1.807) is 0 Å². The fraction of sp³-hybridized carbons (Fsp3) is 0.0857. The minimum Gasteiger partial charge on any atom is -0.405 e. The van der Waals surface area contributed by atoms with Gasteiger partial charge in [-0.15, -0.1) is 13.2 Å². The number of carbonyl (C=O) groups excluding carboxylic acids is 2. The van der Waals surface area contributed by atoms with Gasteiger partial charge in [0.05, 0.1) is 45.6 Å². The lowest BCUT2D eigenvalue weighted by Crippen LogP contribution is -2.20. The highest BCUT2D eigenvalue weighted by molar-refractivity contribution is 9.10. The number of para-hydroxylation sites is 1. The van der Waals surface area contributed by atoms with Crippen LogP contribution in [0.5, 0.6) is 5.75 Å². The Bertz CT molecular complexity index is 2830. The summed E-state index contributed by atoms with van der Waals surface area (Å²) in [6, 6.07) is 14.8. The van der Waals surface area contributed by atoms with E-state index in [9.17, 15) is 48.4 Å². The highest BCUT2D eigenvalue weighted by atomic mass is 79.9. The topological polar surface area (TPSA) is 223 Å². The van der Waals surface area contributed by atoms with E-state index >= 15 is 0 Å². The minimum absolute atomic E-state index is 0.00186. The predicted molar refractivity (Wildman–Crippen MR) is 214 cm³/mol. The molecule has 0 radical (unpaired) electrons. The van der Waals surface area contributed by atoms with Crippen molar-refractivity contribution in [3.63, 3.8) is 0 Å². The molecular formula is C35H26Br2ClF5N8O7S2. The van der Waals surface area contributed by atoms with Gasteiger partial charge >= 0.3 is 6.36 Å². The number of alkyl halides is 3. The molecule has 0 unspecified atom stereocenters. The number of anilines is 2. The van der Waals surface area contributed by atoms with Crippen LogP contribution in [0.1, 0.15) is 11.1 Å². The molecule has 0 fully saturated rings. The van der Waals surface area contributed by atoms with Gasteiger partial charge in [0.2, 0.25) is 31.9 Å². The van der Waals surface area contributed by atoms with E-state index in [0.29, 0.717) is 8.95 Å². The molecule has 6 rings (SSSR count). The third kappa shape index (κ3) is 12.4. The number of sulfonamides is 2. The summed E-state index contributed by atoms with van der Waals surface area (Å²) >= 11 is 12.3. The molecular weight excluding hydrogens is 999 g/mol. The summed E-state index contributed by atoms with van der Waals surface area (Å²) in [5.41, 5.74) is 0.621. The number of carbonyl (C=O) groups is 2. The van der Waals surface area contributed by atoms with E-state index in [-0.39, 0.29) is 55.1 Å². The summed E-state index contributed by atoms with van der Waals surface area (Å²) in [5, 5.41) is 23.4. The van der Waals surface area contributed by atoms with Crippen molar-refractivity contribution < 1.29 is 53.1 Å². The van der Waals surface area contributed by atoms with E-state index in [4.69, 9.17) is 21.9 Å². The molecule has 0 spiro atoms. The predicted octanol–water partition coefficient (Wildman–Crippen LogP) is 6.76. The van der Waals surface area contributed by atoms with E-state index in [1.165, 1.54) is 82.7 Å². The Morgan fingerprint density at radius 2 is 1.17 bits per heavy atom. The molecule has 0 saturated carbocycles. The van der Waals surface area contributed by atoms with E-state index in [1.807, 2.05) is 0 Å². The first kappa shape index (κ1) is 45.8. The number of nitrogens with zero attached hydrogens (tertiary/aromatic N) is 4. The molecule has 0 saturated heterocycles. The molecule has 0 atom stereocenters. The first-order valence-electron chi connectivity index (χ1n) is 16.3. The molecule has 2 amide bonds. The molecule has 25 heteroatoms. The molecule has 0 aliphatic carbocycles. The summed E-state index contributed by atoms with van der Waals surface area (Å²) in [5.74, 6) is -4.07. The zero-order chi connectivity index (χ0) is 44.2. The van der Waals surface area contributed by atoms with Crippen LogP contribution in [0.3, 0.4) is 0 Å². The normalized spacial score (nSPS) is 11.7. The summed E-state index contributed by atoms with van der Waals surface area (Å²) in [7, 11) is -8.34. The Labute approximate surface area is 358 Å². The number of primary sulfonamides is 2. The standard InChI is InChI=1S/C18H14BrF3N4O4S.C17H12BrClF2N4O3S/c19-12-9-24-26(10-12)14-6-5-13(8-16(14)31(23,28)29)25-17(27)7-11-3-1-2-4-15(11)30-18(20,21)22;18-10-7-23-25(8-10)15-2-1-11(5-16(15)29(22,27)28)24-17(26)4-9-3-13(20)14(21)6-12(9)19/h1-6,8-10H,7H2,(H,25,27)(H2,23,28,29);1-3,5-8H,4H2,(H,24,26)(H2,22,27,28). The number of nitrogens with one attached hydrogen (secondary N) is 2. The lowest BCUT2D eigenvalue weighted by atomic mass is 10.1. The molecule has 2 heterocycles. The molecule has 6 N–H and O–H groups in total. The maximum Gasteiger partial charge on any atom is 0.573 e. The second-order valence-corrected chi connectivity index (χ2v) is 17.4. The number of nitrogens with two attached hydrogens (primary N) is 2. The van der Waals surface area contributed by atoms with Crippen molar-refractivity contribution in [2.24, 2.45) is 10.3 Å². The summed E-state index contributed by atoms with van der Waals surface area (Å²) in [6.45, 7) is 0. The van der Waals surface area contributed by atoms with Crippen LogP contribution < -0.4 is 25.6 Å². The quantitative estimate of drug-likeness (QED) is 0.0794. The van der Waals surface area contributed by atoms with Crippen molar-refractivity contribution in [3.8, 4) is 17.1 Å². The van der Waals surface area contributed by atoms with Gasteiger partial charge in [0.1, 0.15) is 15.5 Å². The molecule has 60 heavy (non-hydrogen) atoms. The van der Waals surface area contributed by atoms with Gasteiger partial charge in [-0.05, 0) is 92.0 Å². The summed E-state index contributed by atoms with van der Waals surface area (Å²) < 4.78 is 120. The van der Waals surface area contributed by atoms with Crippen molar-refractivity contribution in [2.75, 3.05) is 10.6 Å². The first-order valence-corrected chi connectivity index (χ1v) is 21.3. The van der Waals surface area contributed by atoms with Crippen LogP contribution in [-0.2, 0) is 42.5 Å². The summed E-state index contributed by atoms with van der Waals surface area (Å²) in [6.07, 6.45) is 0.262. The van der Waals surface area contributed by atoms with E-state index in [2.05, 4.69) is 57.4 Å². The van der Waals surface area contributed by atoms with Gasteiger partial charge in [-0.3, -0.25) is 9.59 Å². The third-order valence-electron chi connectivity index (χ3n) is 7.69. The van der Waals surface area contributed by atoms with Crippen molar-refractivity contribution in [3.05, 3.63) is 134 Å². The Hall–Kier alpha value is -5.24. The second-order valence-electron chi connectivity index (χ2n) is 12.1. The van der Waals surface area contributed by atoms with Gasteiger partial charge in [0.15, 0.2) is 11.6 Å². The molecule has 316 valence electrons. The van der Waals surface area contributed by atoms with Crippen LogP contribution in [0, 0.1) is 11.6 Å². The number of ether oxygens (including phenoxy) is 1. The molecule has 6 aromatic rings. The van der Waals surface area contributed by atoms with Gasteiger partial charge in [-0.1, -0.05) is 29.8 Å². The first-order chi connectivity index (χ1) is 28.0. The number of hydrogen-bond acceptors (Lipinski definition) is 9. The fourth-order valence-corrected chi connectivity index (χ4v) is 7.49. The average Bonchev–Trinajstić information content (AvgIpc) is 3.78. The lowest BCUT2D eigenvalue weighted by molar-refractivity contribution is -0.274. The Kier molecular flexibility index (Phi) is 14.2. The zero-order valence-electron chi connectivity index (χ0n) is 29.8. The molecule has 4 aromatic carbocycles. The van der Waals surface area contributed by atoms with Crippen LogP contribution in [0.2, 0.25) is 5.02 Å². The number of benzene rings is 4. The smallest absolute Gasteiger partial charge is 0.405 e. The number of halogens is 8. The van der Waals surface area contributed by atoms with Gasteiger partial charge < -0.3 is 15.4 Å². The number of rotatable bonds is 11. The van der Waals surface area contributed by atoms with Crippen molar-refractivity contribution in [1.82, 2.24) is 19.6 Å².